The fourth-order valence-corrected chi connectivity index (χ4v) is 17.4. The molecule has 33 nitrogen and oxygen atoms in total. The summed E-state index contributed by atoms with van der Waals surface area (Å²) >= 11 is 49.3. The number of aryl methyl sites for hydroxylation is 6. The molecule has 14 heterocycles. The van der Waals surface area contributed by atoms with Crippen LogP contribution in [0.5, 0.6) is 0 Å². The van der Waals surface area contributed by atoms with Crippen molar-refractivity contribution in [3.05, 3.63) is 241 Å². The lowest BCUT2D eigenvalue weighted by Crippen LogP contribution is -2.48. The molecule has 0 saturated carbocycles. The van der Waals surface area contributed by atoms with Gasteiger partial charge in [0, 0.05) is 164 Å². The Morgan fingerprint density at radius 2 is 0.755 bits per heavy atom. The summed E-state index contributed by atoms with van der Waals surface area (Å²) < 4.78 is 138. The number of nitrogen functional groups attached to an aromatic ring is 3. The molecule has 0 amide bonds. The van der Waals surface area contributed by atoms with Gasteiger partial charge in [0.15, 0.2) is 64.5 Å². The highest BCUT2D eigenvalue weighted by Crippen LogP contribution is 2.42. The smallest absolute Gasteiger partial charge is 0.373 e. The Kier molecular flexibility index (Phi) is 37.1. The molecule has 748 valence electrons. The van der Waals surface area contributed by atoms with Crippen molar-refractivity contribution in [2.45, 2.75) is 111 Å². The maximum Gasteiger partial charge on any atom is 0.373 e. The number of hydrogen-bond donors (Lipinski definition) is 4. The summed E-state index contributed by atoms with van der Waals surface area (Å²) in [5, 5.41) is 27.0. The number of pyridine rings is 4. The van der Waals surface area contributed by atoms with E-state index >= 15 is 0 Å². The Hall–Kier alpha value is -12.5. The van der Waals surface area contributed by atoms with Gasteiger partial charge in [0.05, 0.1) is 52.5 Å². The number of benzene rings is 7. The van der Waals surface area contributed by atoms with Gasteiger partial charge in [0.2, 0.25) is 5.89 Å². The summed E-state index contributed by atoms with van der Waals surface area (Å²) in [6.45, 7) is 17.4. The van der Waals surface area contributed by atoms with Gasteiger partial charge in [-0.05, 0) is 191 Å². The second-order valence-corrected chi connectivity index (χ2v) is 36.4. The number of nitrogens with one attached hydrogen (secondary N) is 1. The van der Waals surface area contributed by atoms with E-state index in [4.69, 9.17) is 157 Å². The average molecular weight is 2200 g/mol. The van der Waals surface area contributed by atoms with Crippen LogP contribution in [0.3, 0.4) is 0 Å². The van der Waals surface area contributed by atoms with Crippen molar-refractivity contribution < 1.29 is 86.7 Å². The van der Waals surface area contributed by atoms with Crippen LogP contribution in [0.25, 0.3) is 89.4 Å². The zero-order valence-electron chi connectivity index (χ0n) is 76.2. The lowest BCUT2D eigenvalue weighted by molar-refractivity contribution is -0.191. The van der Waals surface area contributed by atoms with E-state index in [1.165, 1.54) is 48.5 Å². The Morgan fingerprint density at radius 1 is 0.406 bits per heavy atom. The van der Waals surface area contributed by atoms with Crippen molar-refractivity contribution in [3.63, 3.8) is 0 Å². The number of halogens is 16. The van der Waals surface area contributed by atoms with E-state index in [0.717, 1.165) is 58.1 Å². The molecule has 0 aliphatic carbocycles. The van der Waals surface area contributed by atoms with E-state index in [1.54, 1.807) is 96.1 Å². The molecule has 16 aromatic rings. The number of aldehydes is 1. The summed E-state index contributed by atoms with van der Waals surface area (Å²) in [6, 6.07) is 28.8. The number of nitrogens with two attached hydrogens (primary N) is 3. The van der Waals surface area contributed by atoms with Crippen LogP contribution in [0.4, 0.5) is 65.2 Å². The van der Waals surface area contributed by atoms with Crippen LogP contribution in [-0.2, 0) is 28.6 Å². The Balaban J connectivity index is 0.000000143. The molecule has 7 aromatic carbocycles. The monoisotopic (exact) mass is 2190 g/mol. The van der Waals surface area contributed by atoms with Crippen LogP contribution >= 0.6 is 109 Å². The molecule has 0 radical (unpaired) electrons. The van der Waals surface area contributed by atoms with Crippen molar-refractivity contribution in [3.8, 4) is 45.8 Å². The predicted octanol–water partition coefficient (Wildman–Crippen LogP) is 22.3. The molecule has 5 aliphatic rings. The van der Waals surface area contributed by atoms with Gasteiger partial charge in [-0.25, -0.2) is 50.7 Å². The number of ether oxygens (including phenoxy) is 3. The second-order valence-electron chi connectivity index (χ2n) is 32.2. The van der Waals surface area contributed by atoms with Crippen molar-refractivity contribution in [2.75, 3.05) is 97.6 Å². The van der Waals surface area contributed by atoms with Crippen LogP contribution in [0, 0.1) is 82.3 Å². The molecule has 5 aliphatic heterocycles. The number of anilines is 6. The normalized spacial score (nSPS) is 14.5. The molecule has 0 unspecified atom stereocenters. The standard InChI is InChI=1S/C22H25ClFN5O2.C19H18ClFN4O3.C17H14ClFN4O2.C12H6Cl2FN3O.C7H5ClFNO.C6H4BrClFN.C6H5ClFN.C4H6N2O.CO2/c1-13-25-22(31-28-13)18-11-14-10-15(23)12-19(24)20(14)27-21(18)29-6-2-16(3-7-29)26-17-4-8-30-9-5-17;1-11-22-18(28-24-11)14-9-12-8-13(20)10-15(21)16(12)23-17(14)25-4-2-19(3-5-25)26-6-7-27-19;1-9-20-17(25-22-9)13-7-10-6-11(18)8-14(19)15(10)21-16(13)23-4-2-12(24)3-5-23;1-5-16-12(19-18-5)8-3-6-2-7(13)4-9(15)10(6)17-11(8)14;8-5-1-4(3-11)7(10)6(9)2-5;7-4-1-3(8)2-5(9)6(4)10;7-4-1-2-6(9)5(8)3-4;1-3-5-4(2)7-6-3;2-1-3/h10-12,16-17,26H,2-9H2,1H3;8-10H,2-7H2,1H3;6-8H,2-5H2,1H3;2-4H,1H3;1-3H,10H2;1-2H,10H2;1-3H,9H2;1-2H3;. The molecule has 5 saturated heterocycles. The van der Waals surface area contributed by atoms with E-state index < -0.39 is 46.5 Å². The second kappa shape index (κ2) is 49.2. The number of carbonyl (C=O) groups excluding carboxylic acids is 4. The minimum absolute atomic E-state index is 0.0787. The first kappa shape index (κ1) is 108. The summed E-state index contributed by atoms with van der Waals surface area (Å²) in [5.74, 6) is 2.55. The van der Waals surface area contributed by atoms with E-state index in [0.29, 0.717) is 227 Å². The summed E-state index contributed by atoms with van der Waals surface area (Å²) in [5.41, 5.74) is 19.1. The lowest BCUT2D eigenvalue weighted by Gasteiger charge is -2.38. The van der Waals surface area contributed by atoms with Gasteiger partial charge in [0.1, 0.15) is 67.9 Å². The number of nitrogens with zero attached hydrogens (tertiary/aromatic N) is 17. The zero-order chi connectivity index (χ0) is 103. The number of rotatable bonds is 10. The fraction of sp³-hybridized carbons (Fsp3) is 0.287. The molecule has 5 fully saturated rings. The van der Waals surface area contributed by atoms with Crippen molar-refractivity contribution in [1.29, 1.82) is 0 Å². The van der Waals surface area contributed by atoms with Crippen LogP contribution in [0.15, 0.2) is 142 Å². The van der Waals surface area contributed by atoms with Crippen LogP contribution in [0.1, 0.15) is 96.7 Å². The predicted molar refractivity (Wildman–Crippen MR) is 528 cm³/mol. The maximum atomic E-state index is 14.6. The Bertz CT molecular complexity index is 7260. The minimum atomic E-state index is -0.667. The third-order valence-corrected chi connectivity index (χ3v) is 24.4. The molecule has 9 aromatic heterocycles. The van der Waals surface area contributed by atoms with Gasteiger partial charge in [0.25, 0.3) is 23.6 Å². The lowest BCUT2D eigenvalue weighted by atomic mass is 10.0. The van der Waals surface area contributed by atoms with Crippen LogP contribution in [-0.4, -0.2) is 172 Å². The first-order valence-electron chi connectivity index (χ1n) is 43.3. The first-order chi connectivity index (χ1) is 68.3. The maximum absolute atomic E-state index is 14.6. The van der Waals surface area contributed by atoms with E-state index in [2.05, 4.69) is 101 Å². The van der Waals surface area contributed by atoms with Gasteiger partial charge in [-0.15, -0.1) is 0 Å². The number of fused-ring (bicyclic) bond motifs is 4. The molecule has 0 bridgehead atoms. The molecule has 143 heavy (non-hydrogen) atoms. The third kappa shape index (κ3) is 28.4. The molecular formula is C94H83BrCl8F7N21O12. The quantitative estimate of drug-likeness (QED) is 0.0427. The molecule has 49 heteroatoms. The average Bonchev–Trinajstić information content (AvgIpc) is 1.36. The van der Waals surface area contributed by atoms with E-state index in [1.807, 2.05) is 11.0 Å². The SMILES string of the molecule is Cc1noc(-c2cc3cc(Cl)cc(F)c3nc2Cl)n1.Cc1noc(-c2cc3cc(Cl)cc(F)c3nc2N2CCC(=O)CC2)n1.Cc1noc(-c2cc3cc(Cl)cc(F)c3nc2N2CCC(NC3CCOCC3)CC2)n1.Cc1noc(-c2cc3cc(Cl)cc(F)c3nc2N2CCC3(CC2)OCCO3)n1.Cc1noc(C)n1.Nc1c(F)cc(Cl)cc1Br.Nc1c(F)cc(Cl)cc1C=O.Nc1ccc(Cl)cc1F.O=C=O. The topological polar surface area (TPSA) is 442 Å². The molecule has 21 rings (SSSR count). The highest BCUT2D eigenvalue weighted by Gasteiger charge is 2.41. The highest BCUT2D eigenvalue weighted by molar-refractivity contribution is 9.10. The van der Waals surface area contributed by atoms with Gasteiger partial charge < -0.3 is 74.0 Å². The first-order valence-corrected chi connectivity index (χ1v) is 47.2. The summed E-state index contributed by atoms with van der Waals surface area (Å²) in [4.78, 5) is 82.9. The van der Waals surface area contributed by atoms with Crippen molar-refractivity contribution in [1.82, 2.24) is 76.0 Å². The summed E-state index contributed by atoms with van der Waals surface area (Å²) in [6.07, 6.45) is 7.10. The van der Waals surface area contributed by atoms with Gasteiger partial charge >= 0.3 is 6.15 Å². The van der Waals surface area contributed by atoms with E-state index in [9.17, 15) is 40.3 Å². The van der Waals surface area contributed by atoms with Gasteiger partial charge in [-0.3, -0.25) is 9.59 Å². The van der Waals surface area contributed by atoms with E-state index in [-0.39, 0.29) is 77.2 Å². The number of Topliss-reactive ketones (excluding diaryl/α,β-unsaturated/α-hetero) is 1. The number of piperidine rings is 3. The van der Waals surface area contributed by atoms with Gasteiger partial charge in [-0.2, -0.15) is 34.5 Å². The molecule has 0 atom stereocenters. The van der Waals surface area contributed by atoms with Gasteiger partial charge in [-0.1, -0.05) is 119 Å². The number of carbonyl (C=O) groups is 2. The molecular weight excluding hydrogens is 2110 g/mol. The third-order valence-electron chi connectivity index (χ3n) is 21.9. The minimum Gasteiger partial charge on any atom is -0.396 e. The largest absolute Gasteiger partial charge is 0.396 e. The van der Waals surface area contributed by atoms with Crippen molar-refractivity contribution >= 4 is 205 Å². The number of aromatic nitrogens is 14. The Morgan fingerprint density at radius 3 is 1.13 bits per heavy atom. The molecule has 1 spiro atoms. The molecule has 7 N–H and O–H groups in total. The Labute approximate surface area is 857 Å². The van der Waals surface area contributed by atoms with Crippen LogP contribution in [0.2, 0.25) is 40.3 Å². The fourth-order valence-electron chi connectivity index (χ4n) is 15.2. The summed E-state index contributed by atoms with van der Waals surface area (Å²) in [7, 11) is 0. The number of hydrogen-bond acceptors (Lipinski definition) is 33. The highest BCUT2D eigenvalue weighted by atomic mass is 79.9. The van der Waals surface area contributed by atoms with Crippen molar-refractivity contribution in [2.24, 2.45) is 0 Å². The number of ketones is 1. The van der Waals surface area contributed by atoms with Crippen LogP contribution < -0.4 is 37.2 Å². The zero-order valence-corrected chi connectivity index (χ0v) is 83.8.